The maximum absolute atomic E-state index is 14.0. The van der Waals surface area contributed by atoms with Gasteiger partial charge in [0.2, 0.25) is 0 Å². The highest BCUT2D eigenvalue weighted by Crippen LogP contribution is 2.45. The van der Waals surface area contributed by atoms with Gasteiger partial charge in [-0.2, -0.15) is 0 Å². The lowest BCUT2D eigenvalue weighted by Crippen LogP contribution is -2.70. The Kier molecular flexibility index (Phi) is 42.5. The summed E-state index contributed by atoms with van der Waals surface area (Å²) >= 11 is 0. The Labute approximate surface area is 800 Å². The molecule has 14 bridgehead atoms. The molecule has 0 aromatic rings. The predicted molar refractivity (Wildman–Crippen MR) is 431 cm³/mol. The summed E-state index contributed by atoms with van der Waals surface area (Å²) in [7, 11) is 0. The van der Waals surface area contributed by atoms with Crippen molar-refractivity contribution in [3.8, 4) is 0 Å². The number of carboxylic acids is 1. The number of hydrogen-bond donors (Lipinski definition) is 1. The van der Waals surface area contributed by atoms with Crippen LogP contribution in [0.15, 0.2) is 0 Å². The number of rotatable bonds is 30. The van der Waals surface area contributed by atoms with E-state index in [4.69, 9.17) is 166 Å². The molecule has 57 heteroatoms. The molecule has 0 saturated carbocycles. The van der Waals surface area contributed by atoms with Gasteiger partial charge in [0.25, 0.3) is 0 Å². The number of carbonyl (C=O) groups excluding carboxylic acids is 20. The molecule has 0 radical (unpaired) electrons. The van der Waals surface area contributed by atoms with Crippen LogP contribution in [-0.2, 0) is 266 Å². The average molecular weight is 2030 g/mol. The third-order valence-electron chi connectivity index (χ3n) is 20.6. The van der Waals surface area contributed by atoms with E-state index >= 15 is 0 Å². The molecule has 141 heavy (non-hydrogen) atoms. The maximum atomic E-state index is 14.0. The summed E-state index contributed by atoms with van der Waals surface area (Å²) in [6.07, 6.45) is -82.0. The molecule has 790 valence electrons. The van der Waals surface area contributed by atoms with E-state index < -0.39 is 393 Å². The van der Waals surface area contributed by atoms with Crippen molar-refractivity contribution in [3.63, 3.8) is 0 Å². The number of ether oxygens (including phenoxy) is 35. The lowest BCUT2D eigenvalue weighted by Gasteiger charge is -2.52. The van der Waals surface area contributed by atoms with Crippen molar-refractivity contribution in [2.75, 3.05) is 52.9 Å². The third-order valence-corrected chi connectivity index (χ3v) is 20.6. The molecule has 21 saturated heterocycles. The first-order valence-electron chi connectivity index (χ1n) is 43.3. The molecule has 21 aliphatic rings. The highest BCUT2D eigenvalue weighted by atomic mass is 16.8. The molecule has 0 aliphatic carbocycles. The molecule has 0 amide bonds. The summed E-state index contributed by atoms with van der Waals surface area (Å²) in [6, 6.07) is 0. The topological polar surface area (TPSA) is 702 Å². The van der Waals surface area contributed by atoms with Crippen LogP contribution < -0.4 is 0 Å². The summed E-state index contributed by atoms with van der Waals surface area (Å²) in [6.45, 7) is 7.03. The van der Waals surface area contributed by atoms with Crippen molar-refractivity contribution < 1.29 is 272 Å². The van der Waals surface area contributed by atoms with Crippen LogP contribution in [0.1, 0.15) is 138 Å². The zero-order valence-corrected chi connectivity index (χ0v) is 79.7. The Bertz CT molecular complexity index is 4320. The van der Waals surface area contributed by atoms with Crippen molar-refractivity contribution in [3.05, 3.63) is 0 Å². The molecule has 0 unspecified atom stereocenters. The van der Waals surface area contributed by atoms with Gasteiger partial charge in [-0.3, -0.25) is 95.9 Å². The van der Waals surface area contributed by atoms with Crippen LogP contribution in [0.5, 0.6) is 0 Å². The minimum Gasteiger partial charge on any atom is -0.480 e. The van der Waals surface area contributed by atoms with Gasteiger partial charge in [0.05, 0.1) is 6.61 Å². The first kappa shape index (κ1) is 115. The van der Waals surface area contributed by atoms with E-state index in [1.807, 2.05) is 0 Å². The predicted octanol–water partition coefficient (Wildman–Crippen LogP) is -3.71. The van der Waals surface area contributed by atoms with Crippen LogP contribution in [0.2, 0.25) is 0 Å². The Balaban J connectivity index is 1.52. The average Bonchev–Trinajstić information content (AvgIpc) is 0.871. The Morgan fingerprint density at radius 2 is 0.277 bits per heavy atom. The van der Waals surface area contributed by atoms with E-state index in [1.165, 1.54) is 0 Å². The van der Waals surface area contributed by atoms with Crippen LogP contribution >= 0.6 is 0 Å². The number of aliphatic carboxylic acids is 1. The fourth-order valence-corrected chi connectivity index (χ4v) is 16.0. The van der Waals surface area contributed by atoms with Crippen molar-refractivity contribution >= 4 is 125 Å². The molecule has 21 heterocycles. The molecular weight excluding hydrogens is 1920 g/mol. The fourth-order valence-electron chi connectivity index (χ4n) is 16.0. The summed E-state index contributed by atoms with van der Waals surface area (Å²) in [5.41, 5.74) is 0. The standard InChI is InChI=1S/C84H112O57/c1-29(85)108-22-50-58-65(115-36(8)92)73(123-44(16)100)80(130-50)138-60-52(24-110-31(3)87)132-82(75(125-46(18)102)67(60)117-38(10)94)140-62-54(26-112-33(5)89)134-84(77(127-48(20)104)69(62)119-40(12)96)141-63-55(27-113-34(6)90)133-83(76(126-47(19)103)70(63)120-41(13)97)139-61-53(25-111-32(4)88)131-81(74(124-45(17)101)68(61)118-39(11)95)137-59-51(23-109-30(2)86)129-79(72(122-43(15)99)66(59)116-37(9)93)135-57-49(21-107-28-56(105)106)128-78(136-58)71(121-42(14)98)64(57)114-35(7)91/h49-55,57-84H,21-28H2,1-20H3,(H,105,106)/t49-,50-,51-,52-,53-,54-,55-,57-,58-,59-,60-,61-,62-,63-,64+,65+,66+,67+,68+,69+,70+,71-,72-,73-,74-,75-,76-,77-,78-,79-,80-,81-,82-,83-,84-/m1/s1. The summed E-state index contributed by atoms with van der Waals surface area (Å²) in [5, 5.41) is 10.1. The second kappa shape index (κ2) is 52.3. The van der Waals surface area contributed by atoms with Crippen LogP contribution in [0, 0.1) is 0 Å². The molecule has 1 N–H and O–H groups in total. The van der Waals surface area contributed by atoms with Crippen molar-refractivity contribution in [1.82, 2.24) is 0 Å². The minimum absolute atomic E-state index is 0.775. The van der Waals surface area contributed by atoms with Crippen molar-refractivity contribution in [2.45, 2.75) is 353 Å². The molecule has 0 aromatic carbocycles. The van der Waals surface area contributed by atoms with E-state index in [2.05, 4.69) is 0 Å². The number of carboxylic acid groups (broad SMARTS) is 1. The highest BCUT2D eigenvalue weighted by molar-refractivity contribution is 5.74. The molecule has 21 rings (SSSR count). The van der Waals surface area contributed by atoms with Crippen LogP contribution in [0.4, 0.5) is 0 Å². The molecule has 0 spiro atoms. The van der Waals surface area contributed by atoms with Crippen LogP contribution in [0.3, 0.4) is 0 Å². The van der Waals surface area contributed by atoms with E-state index in [0.717, 1.165) is 138 Å². The second-order valence-electron chi connectivity index (χ2n) is 32.3. The lowest BCUT2D eigenvalue weighted by molar-refractivity contribution is -0.397. The van der Waals surface area contributed by atoms with Gasteiger partial charge in [-0.05, 0) is 0 Å². The van der Waals surface area contributed by atoms with Gasteiger partial charge in [0, 0.05) is 138 Å². The van der Waals surface area contributed by atoms with Gasteiger partial charge >= 0.3 is 125 Å². The highest BCUT2D eigenvalue weighted by Gasteiger charge is 2.66. The van der Waals surface area contributed by atoms with Gasteiger partial charge in [0.1, 0.15) is 132 Å². The largest absolute Gasteiger partial charge is 0.480 e. The van der Waals surface area contributed by atoms with Gasteiger partial charge in [-0.15, -0.1) is 0 Å². The summed E-state index contributed by atoms with van der Waals surface area (Å²) < 4.78 is 214. The zero-order valence-electron chi connectivity index (χ0n) is 79.7. The number of hydrogen-bond acceptors (Lipinski definition) is 56. The zero-order chi connectivity index (χ0) is 105. The van der Waals surface area contributed by atoms with Crippen LogP contribution in [-0.4, -0.2) is 398 Å². The van der Waals surface area contributed by atoms with Gasteiger partial charge in [0.15, 0.2) is 129 Å². The summed E-state index contributed by atoms with van der Waals surface area (Å²) in [4.78, 5) is 287. The Morgan fingerprint density at radius 3 is 0.383 bits per heavy atom. The van der Waals surface area contributed by atoms with E-state index in [1.54, 1.807) is 0 Å². The van der Waals surface area contributed by atoms with Gasteiger partial charge in [-0.1, -0.05) is 0 Å². The minimum atomic E-state index is -2.50. The third kappa shape index (κ3) is 33.2. The van der Waals surface area contributed by atoms with Gasteiger partial charge in [-0.25, -0.2) is 4.79 Å². The molecule has 21 fully saturated rings. The monoisotopic (exact) mass is 2030 g/mol. The Morgan fingerprint density at radius 1 is 0.163 bits per heavy atom. The normalized spacial score (nSPS) is 34.5. The molecule has 57 nitrogen and oxygen atoms in total. The first-order valence-corrected chi connectivity index (χ1v) is 43.3. The van der Waals surface area contributed by atoms with Crippen molar-refractivity contribution in [1.29, 1.82) is 0 Å². The lowest BCUT2D eigenvalue weighted by atomic mass is 9.94. The number of esters is 20. The second-order valence-corrected chi connectivity index (χ2v) is 32.3. The molecule has 21 aliphatic heterocycles. The fraction of sp³-hybridized carbons (Fsp3) is 0.750. The molecule has 0 aromatic heterocycles. The van der Waals surface area contributed by atoms with Crippen molar-refractivity contribution in [2.24, 2.45) is 0 Å². The van der Waals surface area contributed by atoms with Gasteiger partial charge < -0.3 is 171 Å². The SMILES string of the molecule is CC(=O)OC[C@H]1O[C@@H]2O[C@H]3[C@H](OC(C)=O)[C@@H](OC(C)=O)[C@@H](O[C@H]4[C@H](OC(C)=O)[C@@H](OC(C)=O)[C@@H](O[C@H]5[C@H](OC(C)=O)[C@@H](OC(C)=O)[C@@H](O[C@H]6[C@H](OC(C)=O)[C@@H](OC(C)=O)[C@@H](O[C@H]7[C@H](OC(C)=O)[C@@H](OC(C)=O)[C@@H](O[C@H]8[C@H](OC(C)=O)[C@@H](OC(C)=O)[C@@H](O[C@H]1[C@H](OC(C)=O)[C@H]2OC(C)=O)O[C@@H]8COCC(=O)O)O[C@@H]7COC(C)=O)O[C@@H]6COC(C)=O)O[C@@H]5COC(C)=O)O[C@@H]4COC(C)=O)O[C@@H]3COC(C)=O. The number of carbonyl (C=O) groups is 21. The Hall–Kier alpha value is -11.7. The van der Waals surface area contributed by atoms with E-state index in [9.17, 15) is 106 Å². The quantitative estimate of drug-likeness (QED) is 0.0534. The van der Waals surface area contributed by atoms with E-state index in [0.29, 0.717) is 0 Å². The smallest absolute Gasteiger partial charge is 0.329 e. The van der Waals surface area contributed by atoms with E-state index in [-0.39, 0.29) is 0 Å². The van der Waals surface area contributed by atoms with Crippen LogP contribution in [0.25, 0.3) is 0 Å². The maximum Gasteiger partial charge on any atom is 0.329 e. The summed E-state index contributed by atoms with van der Waals surface area (Å²) in [5.74, 6) is -27.0. The molecule has 35 atom stereocenters. The molecular formula is C84H112O57. The first-order chi connectivity index (χ1) is 66.2.